The highest BCUT2D eigenvalue weighted by Gasteiger charge is 2.11. The highest BCUT2D eigenvalue weighted by Crippen LogP contribution is 2.25. The van der Waals surface area contributed by atoms with Gasteiger partial charge in [-0.05, 0) is 43.4 Å². The van der Waals surface area contributed by atoms with Gasteiger partial charge in [0.25, 0.3) is 0 Å². The molecule has 0 aliphatic heterocycles. The summed E-state index contributed by atoms with van der Waals surface area (Å²) in [4.78, 5) is 13.7. The molecule has 0 fully saturated rings. The number of hydrogen-bond acceptors (Lipinski definition) is 3. The Morgan fingerprint density at radius 2 is 2.00 bits per heavy atom. The number of halogens is 3. The minimum Gasteiger partial charge on any atom is -0.325 e. The zero-order valence-electron chi connectivity index (χ0n) is 12.8. The summed E-state index contributed by atoms with van der Waals surface area (Å²) in [5, 5.41) is 12.3. The van der Waals surface area contributed by atoms with E-state index in [4.69, 9.17) is 28.5 Å². The first-order valence-corrected chi connectivity index (χ1v) is 7.76. The van der Waals surface area contributed by atoms with Crippen molar-refractivity contribution in [1.82, 2.24) is 4.90 Å². The first-order chi connectivity index (χ1) is 11.4. The molecule has 1 amide bonds. The van der Waals surface area contributed by atoms with E-state index in [0.717, 1.165) is 0 Å². The van der Waals surface area contributed by atoms with E-state index >= 15 is 0 Å². The predicted molar refractivity (Wildman–Crippen MR) is 92.5 cm³/mol. The number of nitriles is 1. The van der Waals surface area contributed by atoms with Gasteiger partial charge in [0.15, 0.2) is 0 Å². The minimum atomic E-state index is -0.411. The van der Waals surface area contributed by atoms with E-state index in [9.17, 15) is 9.18 Å². The van der Waals surface area contributed by atoms with Gasteiger partial charge in [0.2, 0.25) is 5.91 Å². The van der Waals surface area contributed by atoms with Crippen molar-refractivity contribution in [2.75, 3.05) is 18.9 Å². The van der Waals surface area contributed by atoms with Gasteiger partial charge in [-0.2, -0.15) is 5.26 Å². The highest BCUT2D eigenvalue weighted by molar-refractivity contribution is 6.42. The molecule has 0 unspecified atom stereocenters. The Morgan fingerprint density at radius 1 is 1.25 bits per heavy atom. The average Bonchev–Trinajstić information content (AvgIpc) is 2.53. The molecule has 7 heteroatoms. The maximum Gasteiger partial charge on any atom is 0.238 e. The van der Waals surface area contributed by atoms with Crippen LogP contribution in [-0.4, -0.2) is 24.4 Å². The Morgan fingerprint density at radius 3 is 2.67 bits per heavy atom. The Balaban J connectivity index is 1.96. The van der Waals surface area contributed by atoms with Crippen LogP contribution >= 0.6 is 23.2 Å². The van der Waals surface area contributed by atoms with Gasteiger partial charge in [-0.25, -0.2) is 4.39 Å². The van der Waals surface area contributed by atoms with Crippen LogP contribution < -0.4 is 5.32 Å². The number of carbonyl (C=O) groups is 1. The molecule has 0 spiro atoms. The van der Waals surface area contributed by atoms with Crippen LogP contribution in [0.1, 0.15) is 11.1 Å². The lowest BCUT2D eigenvalue weighted by Gasteiger charge is -2.17. The number of rotatable bonds is 5. The zero-order chi connectivity index (χ0) is 17.7. The zero-order valence-corrected chi connectivity index (χ0v) is 14.3. The van der Waals surface area contributed by atoms with Crippen LogP contribution in [0, 0.1) is 17.1 Å². The van der Waals surface area contributed by atoms with Gasteiger partial charge in [-0.15, -0.1) is 0 Å². The SMILES string of the molecule is CN(CC(=O)Nc1ccc(Cl)c(Cl)c1)Cc1cc(C#N)ccc1F. The summed E-state index contributed by atoms with van der Waals surface area (Å²) in [5.74, 6) is -0.682. The number of hydrogen-bond donors (Lipinski definition) is 1. The largest absolute Gasteiger partial charge is 0.325 e. The van der Waals surface area contributed by atoms with Crippen LogP contribution in [0.4, 0.5) is 10.1 Å². The van der Waals surface area contributed by atoms with E-state index in [1.54, 1.807) is 30.1 Å². The van der Waals surface area contributed by atoms with Crippen molar-refractivity contribution in [3.05, 3.63) is 63.4 Å². The minimum absolute atomic E-state index is 0.0521. The Labute approximate surface area is 149 Å². The van der Waals surface area contributed by atoms with Crippen LogP contribution in [0.3, 0.4) is 0 Å². The smallest absolute Gasteiger partial charge is 0.238 e. The Bertz CT molecular complexity index is 805. The van der Waals surface area contributed by atoms with Crippen LogP contribution in [0.2, 0.25) is 10.0 Å². The molecule has 4 nitrogen and oxygen atoms in total. The third-order valence-electron chi connectivity index (χ3n) is 3.23. The second kappa shape index (κ2) is 8.11. The molecule has 0 radical (unpaired) electrons. The third-order valence-corrected chi connectivity index (χ3v) is 3.97. The van der Waals surface area contributed by atoms with Gasteiger partial charge < -0.3 is 5.32 Å². The van der Waals surface area contributed by atoms with E-state index in [2.05, 4.69) is 5.32 Å². The van der Waals surface area contributed by atoms with E-state index in [1.165, 1.54) is 18.2 Å². The van der Waals surface area contributed by atoms with Crippen molar-refractivity contribution in [3.63, 3.8) is 0 Å². The molecular formula is C17H14Cl2FN3O. The van der Waals surface area contributed by atoms with Gasteiger partial charge in [0, 0.05) is 17.8 Å². The van der Waals surface area contributed by atoms with Gasteiger partial charge >= 0.3 is 0 Å². The summed E-state index contributed by atoms with van der Waals surface area (Å²) in [6.45, 7) is 0.257. The molecule has 0 bridgehead atoms. The van der Waals surface area contributed by atoms with Crippen molar-refractivity contribution < 1.29 is 9.18 Å². The number of carbonyl (C=O) groups excluding carboxylic acids is 1. The van der Waals surface area contributed by atoms with E-state index in [-0.39, 0.29) is 19.0 Å². The maximum absolute atomic E-state index is 13.8. The highest BCUT2D eigenvalue weighted by atomic mass is 35.5. The van der Waals surface area contributed by atoms with Crippen molar-refractivity contribution in [3.8, 4) is 6.07 Å². The van der Waals surface area contributed by atoms with E-state index < -0.39 is 5.82 Å². The molecule has 2 rings (SSSR count). The predicted octanol–water partition coefficient (Wildman–Crippen LogP) is 4.07. The summed E-state index contributed by atoms with van der Waals surface area (Å²) in [5.41, 5.74) is 1.26. The number of benzene rings is 2. The van der Waals surface area contributed by atoms with Crippen LogP contribution in [0.25, 0.3) is 0 Å². The van der Waals surface area contributed by atoms with Gasteiger partial charge in [-0.1, -0.05) is 23.2 Å². The lowest BCUT2D eigenvalue weighted by Crippen LogP contribution is -2.30. The Hall–Kier alpha value is -2.13. The normalized spacial score (nSPS) is 10.5. The van der Waals surface area contributed by atoms with Crippen molar-refractivity contribution in [1.29, 1.82) is 5.26 Å². The molecule has 0 saturated carbocycles. The summed E-state index contributed by atoms with van der Waals surface area (Å²) in [7, 11) is 1.69. The van der Waals surface area contributed by atoms with Crippen LogP contribution in [-0.2, 0) is 11.3 Å². The molecule has 2 aromatic rings. The maximum atomic E-state index is 13.8. The molecule has 2 aromatic carbocycles. The number of nitrogens with one attached hydrogen (secondary N) is 1. The summed E-state index contributed by atoms with van der Waals surface area (Å²) < 4.78 is 13.8. The molecule has 0 aliphatic rings. The molecule has 0 aliphatic carbocycles. The number of amides is 1. The second-order valence-corrected chi connectivity index (χ2v) is 6.08. The third kappa shape index (κ3) is 4.93. The first-order valence-electron chi connectivity index (χ1n) is 7.01. The molecule has 0 atom stereocenters. The lowest BCUT2D eigenvalue weighted by molar-refractivity contribution is -0.117. The fraction of sp³-hybridized carbons (Fsp3) is 0.176. The van der Waals surface area contributed by atoms with Crippen LogP contribution in [0.5, 0.6) is 0 Å². The summed E-state index contributed by atoms with van der Waals surface area (Å²) in [6, 6.07) is 10.9. The van der Waals surface area contributed by atoms with Crippen molar-refractivity contribution >= 4 is 34.8 Å². The van der Waals surface area contributed by atoms with Gasteiger partial charge in [-0.3, -0.25) is 9.69 Å². The molecule has 1 N–H and O–H groups in total. The topological polar surface area (TPSA) is 56.1 Å². The summed E-state index contributed by atoms with van der Waals surface area (Å²) in [6.07, 6.45) is 0. The number of likely N-dealkylation sites (N-methyl/N-ethyl adjacent to an activating group) is 1. The molecule has 24 heavy (non-hydrogen) atoms. The van der Waals surface area contributed by atoms with Crippen molar-refractivity contribution in [2.24, 2.45) is 0 Å². The van der Waals surface area contributed by atoms with E-state index in [0.29, 0.717) is 26.9 Å². The monoisotopic (exact) mass is 365 g/mol. The molecule has 0 heterocycles. The van der Waals surface area contributed by atoms with E-state index in [1.807, 2.05) is 6.07 Å². The standard InChI is InChI=1S/C17H14Cl2FN3O/c1-23(9-12-6-11(8-21)2-5-16(12)20)10-17(24)22-13-3-4-14(18)15(19)7-13/h2-7H,9-10H2,1H3,(H,22,24). The quantitative estimate of drug-likeness (QED) is 0.868. The van der Waals surface area contributed by atoms with Gasteiger partial charge in [0.05, 0.1) is 28.2 Å². The molecule has 0 saturated heterocycles. The molecule has 124 valence electrons. The van der Waals surface area contributed by atoms with Crippen LogP contribution in [0.15, 0.2) is 36.4 Å². The van der Waals surface area contributed by atoms with Crippen molar-refractivity contribution in [2.45, 2.75) is 6.54 Å². The fourth-order valence-corrected chi connectivity index (χ4v) is 2.43. The lowest BCUT2D eigenvalue weighted by atomic mass is 10.1. The van der Waals surface area contributed by atoms with Gasteiger partial charge in [0.1, 0.15) is 5.82 Å². The fourth-order valence-electron chi connectivity index (χ4n) is 2.13. The second-order valence-electron chi connectivity index (χ2n) is 5.27. The Kier molecular flexibility index (Phi) is 6.16. The summed E-state index contributed by atoms with van der Waals surface area (Å²) >= 11 is 11.7. The number of nitrogens with zero attached hydrogens (tertiary/aromatic N) is 2. The molecular weight excluding hydrogens is 352 g/mol. The first kappa shape index (κ1) is 18.2. The average molecular weight is 366 g/mol. The number of anilines is 1. The molecule has 0 aromatic heterocycles.